The fourth-order valence-electron chi connectivity index (χ4n) is 1.87. The van der Waals surface area contributed by atoms with Gasteiger partial charge in [0.05, 0.1) is 0 Å². The Morgan fingerprint density at radius 3 is 2.74 bits per heavy atom. The Balaban J connectivity index is 2.21. The van der Waals surface area contributed by atoms with E-state index in [2.05, 4.69) is 30.9 Å². The minimum Gasteiger partial charge on any atom is -0.487 e. The summed E-state index contributed by atoms with van der Waals surface area (Å²) in [6, 6.07) is 4.05. The van der Waals surface area contributed by atoms with Gasteiger partial charge in [-0.2, -0.15) is 0 Å². The van der Waals surface area contributed by atoms with Crippen molar-refractivity contribution in [1.82, 2.24) is 10.3 Å². The van der Waals surface area contributed by atoms with Crippen LogP contribution >= 0.6 is 15.9 Å². The maximum absolute atomic E-state index is 5.86. The van der Waals surface area contributed by atoms with Crippen LogP contribution in [0.25, 0.3) is 0 Å². The Hall–Kier alpha value is -1.40. The van der Waals surface area contributed by atoms with Gasteiger partial charge in [-0.05, 0) is 50.1 Å². The number of nitrogens with two attached hydrogens (primary N) is 1. The van der Waals surface area contributed by atoms with Gasteiger partial charge in [-0.25, -0.2) is 4.63 Å². The smallest absolute Gasteiger partial charge is 0.145 e. The Kier molecular flexibility index (Phi) is 4.55. The molecule has 1 aromatic carbocycles. The van der Waals surface area contributed by atoms with E-state index in [9.17, 15) is 0 Å². The van der Waals surface area contributed by atoms with Crippen molar-refractivity contribution in [3.05, 3.63) is 39.1 Å². The van der Waals surface area contributed by atoms with Crippen molar-refractivity contribution in [3.63, 3.8) is 0 Å². The standard InChI is InChI=1S/C13H16BrN3O2/c1-8-5-11(14)6-10(3-4-15)13(8)18-7-12-9(2)16-19-17-12/h5-6H,3-4,7,15H2,1-2H3. The van der Waals surface area contributed by atoms with E-state index < -0.39 is 0 Å². The molecule has 0 saturated heterocycles. The predicted molar refractivity (Wildman–Crippen MR) is 75.0 cm³/mol. The molecule has 2 N–H and O–H groups in total. The molecule has 0 amide bonds. The summed E-state index contributed by atoms with van der Waals surface area (Å²) in [4.78, 5) is 0. The second-order valence-corrected chi connectivity index (χ2v) is 5.25. The molecule has 6 heteroatoms. The highest BCUT2D eigenvalue weighted by molar-refractivity contribution is 9.10. The molecular weight excluding hydrogens is 310 g/mol. The second kappa shape index (κ2) is 6.16. The van der Waals surface area contributed by atoms with Gasteiger partial charge in [0, 0.05) is 4.47 Å². The molecule has 1 aromatic heterocycles. The third-order valence-electron chi connectivity index (χ3n) is 2.83. The Bertz CT molecular complexity index is 569. The average molecular weight is 326 g/mol. The number of hydrogen-bond donors (Lipinski definition) is 1. The molecule has 0 spiro atoms. The van der Waals surface area contributed by atoms with Crippen LogP contribution in [-0.2, 0) is 13.0 Å². The lowest BCUT2D eigenvalue weighted by molar-refractivity contribution is 0.267. The quantitative estimate of drug-likeness (QED) is 0.914. The number of aromatic nitrogens is 2. The van der Waals surface area contributed by atoms with E-state index >= 15 is 0 Å². The highest BCUT2D eigenvalue weighted by atomic mass is 79.9. The number of nitrogens with zero attached hydrogens (tertiary/aromatic N) is 2. The van der Waals surface area contributed by atoms with Gasteiger partial charge < -0.3 is 10.5 Å². The number of hydrogen-bond acceptors (Lipinski definition) is 5. The molecule has 1 heterocycles. The van der Waals surface area contributed by atoms with Gasteiger partial charge in [0.1, 0.15) is 23.7 Å². The zero-order valence-corrected chi connectivity index (χ0v) is 12.5. The van der Waals surface area contributed by atoms with Crippen LogP contribution in [0.15, 0.2) is 21.2 Å². The molecular formula is C13H16BrN3O2. The minimum absolute atomic E-state index is 0.343. The number of ether oxygens (including phenoxy) is 1. The summed E-state index contributed by atoms with van der Waals surface area (Å²) in [5.41, 5.74) is 9.24. The molecule has 0 aliphatic carbocycles. The lowest BCUT2D eigenvalue weighted by Crippen LogP contribution is -2.07. The lowest BCUT2D eigenvalue weighted by atomic mass is 10.1. The van der Waals surface area contributed by atoms with Crippen molar-refractivity contribution in [1.29, 1.82) is 0 Å². The number of rotatable bonds is 5. The van der Waals surface area contributed by atoms with E-state index in [0.29, 0.717) is 18.8 Å². The lowest BCUT2D eigenvalue weighted by Gasteiger charge is -2.13. The van der Waals surface area contributed by atoms with Crippen molar-refractivity contribution in [2.24, 2.45) is 5.73 Å². The van der Waals surface area contributed by atoms with Crippen molar-refractivity contribution < 1.29 is 9.37 Å². The van der Waals surface area contributed by atoms with Gasteiger partial charge in [-0.3, -0.25) is 0 Å². The van der Waals surface area contributed by atoms with Crippen LogP contribution in [0.5, 0.6) is 5.75 Å². The first-order chi connectivity index (χ1) is 9.11. The van der Waals surface area contributed by atoms with Crippen LogP contribution < -0.4 is 10.5 Å². The van der Waals surface area contributed by atoms with E-state index in [-0.39, 0.29) is 0 Å². The highest BCUT2D eigenvalue weighted by Gasteiger charge is 2.11. The topological polar surface area (TPSA) is 74.2 Å². The van der Waals surface area contributed by atoms with E-state index in [4.69, 9.17) is 10.5 Å². The van der Waals surface area contributed by atoms with Crippen molar-refractivity contribution in [2.75, 3.05) is 6.54 Å². The first kappa shape index (κ1) is 14.0. The Labute approximate surface area is 120 Å². The summed E-state index contributed by atoms with van der Waals surface area (Å²) in [6.07, 6.45) is 0.770. The molecule has 0 saturated carbocycles. The summed E-state index contributed by atoms with van der Waals surface area (Å²) in [6.45, 7) is 4.77. The van der Waals surface area contributed by atoms with E-state index in [0.717, 1.165) is 33.5 Å². The normalized spacial score (nSPS) is 10.7. The Morgan fingerprint density at radius 1 is 1.32 bits per heavy atom. The molecule has 0 radical (unpaired) electrons. The van der Waals surface area contributed by atoms with Crippen LogP contribution in [0.3, 0.4) is 0 Å². The van der Waals surface area contributed by atoms with E-state index in [1.54, 1.807) is 0 Å². The molecule has 19 heavy (non-hydrogen) atoms. The number of aryl methyl sites for hydroxylation is 2. The second-order valence-electron chi connectivity index (χ2n) is 4.33. The molecule has 0 bridgehead atoms. The van der Waals surface area contributed by atoms with Gasteiger partial charge in [-0.15, -0.1) is 0 Å². The van der Waals surface area contributed by atoms with E-state index in [1.807, 2.05) is 26.0 Å². The van der Waals surface area contributed by atoms with Gasteiger partial charge in [0.25, 0.3) is 0 Å². The van der Waals surface area contributed by atoms with Crippen LogP contribution in [0.2, 0.25) is 0 Å². The maximum atomic E-state index is 5.86. The summed E-state index contributed by atoms with van der Waals surface area (Å²) < 4.78 is 11.5. The maximum Gasteiger partial charge on any atom is 0.145 e. The summed E-state index contributed by atoms with van der Waals surface area (Å²) in [7, 11) is 0. The van der Waals surface area contributed by atoms with Gasteiger partial charge in [-0.1, -0.05) is 26.2 Å². The van der Waals surface area contributed by atoms with Crippen molar-refractivity contribution in [3.8, 4) is 5.75 Å². The van der Waals surface area contributed by atoms with Crippen LogP contribution in [-0.4, -0.2) is 16.9 Å². The average Bonchev–Trinajstić information content (AvgIpc) is 2.74. The number of benzene rings is 1. The molecule has 2 aromatic rings. The first-order valence-corrected chi connectivity index (χ1v) is 6.81. The highest BCUT2D eigenvalue weighted by Crippen LogP contribution is 2.29. The third kappa shape index (κ3) is 3.33. The third-order valence-corrected chi connectivity index (χ3v) is 3.29. The number of halogens is 1. The summed E-state index contributed by atoms with van der Waals surface area (Å²) in [5, 5.41) is 7.54. The first-order valence-electron chi connectivity index (χ1n) is 6.01. The van der Waals surface area contributed by atoms with Gasteiger partial charge >= 0.3 is 0 Å². The molecule has 2 rings (SSSR count). The van der Waals surface area contributed by atoms with Crippen molar-refractivity contribution in [2.45, 2.75) is 26.9 Å². The molecule has 0 fully saturated rings. The molecule has 0 aliphatic rings. The molecule has 0 unspecified atom stereocenters. The monoisotopic (exact) mass is 325 g/mol. The van der Waals surface area contributed by atoms with Crippen LogP contribution in [0.4, 0.5) is 0 Å². The van der Waals surface area contributed by atoms with Crippen molar-refractivity contribution >= 4 is 15.9 Å². The summed E-state index contributed by atoms with van der Waals surface area (Å²) in [5.74, 6) is 0.857. The SMILES string of the molecule is Cc1cc(Br)cc(CCN)c1OCc1nonc1C. The molecule has 0 atom stereocenters. The van der Waals surface area contributed by atoms with Gasteiger partial charge in [0.15, 0.2) is 0 Å². The van der Waals surface area contributed by atoms with Crippen LogP contribution in [0.1, 0.15) is 22.5 Å². The molecule has 5 nitrogen and oxygen atoms in total. The summed E-state index contributed by atoms with van der Waals surface area (Å²) >= 11 is 3.48. The zero-order chi connectivity index (χ0) is 13.8. The van der Waals surface area contributed by atoms with E-state index in [1.165, 1.54) is 0 Å². The zero-order valence-electron chi connectivity index (χ0n) is 10.9. The fraction of sp³-hybridized carbons (Fsp3) is 0.385. The van der Waals surface area contributed by atoms with Gasteiger partial charge in [0.2, 0.25) is 0 Å². The molecule has 102 valence electrons. The largest absolute Gasteiger partial charge is 0.487 e. The minimum atomic E-state index is 0.343. The fourth-order valence-corrected chi connectivity index (χ4v) is 2.49. The van der Waals surface area contributed by atoms with Crippen LogP contribution in [0, 0.1) is 13.8 Å². The Morgan fingerprint density at radius 2 is 2.11 bits per heavy atom. The predicted octanol–water partition coefficient (Wildman–Crippen LogP) is 2.53. The molecule has 0 aliphatic heterocycles.